The van der Waals surface area contributed by atoms with Gasteiger partial charge in [0, 0.05) is 24.3 Å². The van der Waals surface area contributed by atoms with Gasteiger partial charge in [-0.05, 0) is 45.9 Å². The van der Waals surface area contributed by atoms with Crippen molar-refractivity contribution in [2.45, 2.75) is 34.2 Å². The minimum absolute atomic E-state index is 0.294. The van der Waals surface area contributed by atoms with Gasteiger partial charge in [0.1, 0.15) is 5.76 Å². The lowest BCUT2D eigenvalue weighted by molar-refractivity contribution is 0.0526. The van der Waals surface area contributed by atoms with Gasteiger partial charge in [-0.2, -0.15) is 0 Å². The molecule has 0 spiro atoms. The van der Waals surface area contributed by atoms with Crippen LogP contribution in [0.5, 0.6) is 0 Å². The van der Waals surface area contributed by atoms with E-state index < -0.39 is 0 Å². The Bertz CT molecular complexity index is 630. The van der Waals surface area contributed by atoms with Crippen LogP contribution in [-0.2, 0) is 11.3 Å². The molecular weight excluding hydrogens is 280 g/mol. The van der Waals surface area contributed by atoms with Gasteiger partial charge in [0.15, 0.2) is 0 Å². The number of aromatic nitrogens is 1. The zero-order valence-corrected chi connectivity index (χ0v) is 13.5. The molecule has 0 N–H and O–H groups in total. The van der Waals surface area contributed by atoms with Gasteiger partial charge in [-0.1, -0.05) is 11.2 Å². The second kappa shape index (κ2) is 7.11. The van der Waals surface area contributed by atoms with E-state index in [2.05, 4.69) is 17.0 Å². The van der Waals surface area contributed by atoms with Crippen molar-refractivity contribution in [2.24, 2.45) is 0 Å². The van der Waals surface area contributed by atoms with E-state index in [-0.39, 0.29) is 5.97 Å². The average molecular weight is 302 g/mol. The number of nitrogens with zero attached hydrogens (tertiary/aromatic N) is 2. The lowest BCUT2D eigenvalue weighted by atomic mass is 10.1. The highest BCUT2D eigenvalue weighted by Crippen LogP contribution is 2.22. The number of ether oxygens (including phenoxy) is 1. The molecule has 0 fully saturated rings. The molecule has 0 saturated carbocycles. The van der Waals surface area contributed by atoms with Gasteiger partial charge in [0.25, 0.3) is 0 Å². The maximum atomic E-state index is 11.9. The summed E-state index contributed by atoms with van der Waals surface area (Å²) in [6.45, 7) is 9.62. The predicted octanol–water partition coefficient (Wildman–Crippen LogP) is 3.49. The molecule has 0 atom stereocenters. The summed E-state index contributed by atoms with van der Waals surface area (Å²) < 4.78 is 10.3. The number of carbonyl (C=O) groups is 1. The highest BCUT2D eigenvalue weighted by atomic mass is 16.5. The van der Waals surface area contributed by atoms with Crippen molar-refractivity contribution in [2.75, 3.05) is 18.1 Å². The van der Waals surface area contributed by atoms with E-state index in [1.807, 2.05) is 32.0 Å². The molecule has 5 nitrogen and oxygen atoms in total. The Kier molecular flexibility index (Phi) is 5.20. The van der Waals surface area contributed by atoms with Crippen LogP contribution in [0.4, 0.5) is 5.69 Å². The van der Waals surface area contributed by atoms with Crippen LogP contribution in [0.2, 0.25) is 0 Å². The van der Waals surface area contributed by atoms with E-state index in [0.717, 1.165) is 29.2 Å². The Morgan fingerprint density at radius 1 is 1.32 bits per heavy atom. The Morgan fingerprint density at radius 2 is 2.09 bits per heavy atom. The normalized spacial score (nSPS) is 10.5. The van der Waals surface area contributed by atoms with Gasteiger partial charge in [0.05, 0.1) is 17.9 Å². The predicted molar refractivity (Wildman–Crippen MR) is 85.1 cm³/mol. The van der Waals surface area contributed by atoms with Gasteiger partial charge < -0.3 is 14.2 Å². The molecule has 0 aliphatic carbocycles. The number of aryl methyl sites for hydroxylation is 2. The summed E-state index contributed by atoms with van der Waals surface area (Å²) in [5, 5.41) is 3.99. The van der Waals surface area contributed by atoms with Gasteiger partial charge in [-0.3, -0.25) is 0 Å². The van der Waals surface area contributed by atoms with Crippen molar-refractivity contribution < 1.29 is 14.1 Å². The molecule has 5 heteroatoms. The van der Waals surface area contributed by atoms with Crippen LogP contribution in [0.3, 0.4) is 0 Å². The molecule has 0 unspecified atom stereocenters. The molecule has 0 aliphatic heterocycles. The summed E-state index contributed by atoms with van der Waals surface area (Å²) in [6, 6.07) is 7.49. The first-order valence-electron chi connectivity index (χ1n) is 7.50. The van der Waals surface area contributed by atoms with Crippen molar-refractivity contribution in [3.63, 3.8) is 0 Å². The van der Waals surface area contributed by atoms with Gasteiger partial charge in [-0.25, -0.2) is 4.79 Å². The summed E-state index contributed by atoms with van der Waals surface area (Å²) in [5.74, 6) is 0.537. The Morgan fingerprint density at radius 3 is 2.68 bits per heavy atom. The van der Waals surface area contributed by atoms with E-state index in [0.29, 0.717) is 18.7 Å². The van der Waals surface area contributed by atoms with Crippen LogP contribution in [0, 0.1) is 13.8 Å². The molecule has 0 radical (unpaired) electrons. The molecule has 2 rings (SSSR count). The van der Waals surface area contributed by atoms with Crippen LogP contribution in [0.1, 0.15) is 41.2 Å². The van der Waals surface area contributed by atoms with Crippen molar-refractivity contribution in [1.82, 2.24) is 5.16 Å². The SMILES string of the molecule is CCOC(=O)c1cccc(N(CC)Cc2c(C)noc2C)c1. The fourth-order valence-corrected chi connectivity index (χ4v) is 2.35. The minimum atomic E-state index is -0.294. The second-order valence-electron chi connectivity index (χ2n) is 5.09. The second-order valence-corrected chi connectivity index (χ2v) is 5.09. The maximum absolute atomic E-state index is 11.9. The first-order chi connectivity index (χ1) is 10.6. The standard InChI is InChI=1S/C17H22N2O3/c1-5-19(11-16-12(3)18-22-13(16)4)15-9-7-8-14(10-15)17(20)21-6-2/h7-10H,5-6,11H2,1-4H3. The molecule has 0 bridgehead atoms. The third-order valence-corrected chi connectivity index (χ3v) is 3.63. The minimum Gasteiger partial charge on any atom is -0.462 e. The van der Waals surface area contributed by atoms with Gasteiger partial charge >= 0.3 is 5.97 Å². The fraction of sp³-hybridized carbons (Fsp3) is 0.412. The Hall–Kier alpha value is -2.30. The molecule has 2 aromatic rings. The van der Waals surface area contributed by atoms with Crippen LogP contribution < -0.4 is 4.90 Å². The number of rotatable bonds is 6. The summed E-state index contributed by atoms with van der Waals surface area (Å²) in [6.07, 6.45) is 0. The van der Waals surface area contributed by atoms with Crippen LogP contribution in [0.15, 0.2) is 28.8 Å². The molecule has 118 valence electrons. The first kappa shape index (κ1) is 16.1. The quantitative estimate of drug-likeness (QED) is 0.764. The monoisotopic (exact) mass is 302 g/mol. The van der Waals surface area contributed by atoms with E-state index in [1.165, 1.54) is 0 Å². The number of esters is 1. The average Bonchev–Trinajstić information content (AvgIpc) is 2.84. The Balaban J connectivity index is 2.24. The van der Waals surface area contributed by atoms with Crippen LogP contribution >= 0.6 is 0 Å². The van der Waals surface area contributed by atoms with Crippen LogP contribution in [0.25, 0.3) is 0 Å². The molecular formula is C17H22N2O3. The third-order valence-electron chi connectivity index (χ3n) is 3.63. The Labute approximate surface area is 130 Å². The summed E-state index contributed by atoms with van der Waals surface area (Å²) in [5.41, 5.74) is 3.53. The number of carbonyl (C=O) groups excluding carboxylic acids is 1. The molecule has 0 saturated heterocycles. The van der Waals surface area contributed by atoms with Gasteiger partial charge in [0.2, 0.25) is 0 Å². The zero-order valence-electron chi connectivity index (χ0n) is 13.5. The van der Waals surface area contributed by atoms with E-state index >= 15 is 0 Å². The zero-order chi connectivity index (χ0) is 16.1. The molecule has 0 amide bonds. The number of benzene rings is 1. The molecule has 1 aromatic heterocycles. The topological polar surface area (TPSA) is 55.6 Å². The smallest absolute Gasteiger partial charge is 0.338 e. The van der Waals surface area contributed by atoms with Crippen molar-refractivity contribution >= 4 is 11.7 Å². The van der Waals surface area contributed by atoms with Crippen LogP contribution in [-0.4, -0.2) is 24.3 Å². The van der Waals surface area contributed by atoms with E-state index in [4.69, 9.17) is 9.26 Å². The van der Waals surface area contributed by atoms with E-state index in [9.17, 15) is 4.79 Å². The molecule has 0 aliphatic rings. The highest BCUT2D eigenvalue weighted by molar-refractivity contribution is 5.90. The summed E-state index contributed by atoms with van der Waals surface area (Å²) in [4.78, 5) is 14.0. The number of hydrogen-bond donors (Lipinski definition) is 0. The summed E-state index contributed by atoms with van der Waals surface area (Å²) in [7, 11) is 0. The maximum Gasteiger partial charge on any atom is 0.338 e. The number of anilines is 1. The van der Waals surface area contributed by atoms with Crippen molar-refractivity contribution in [3.05, 3.63) is 46.8 Å². The molecule has 22 heavy (non-hydrogen) atoms. The number of hydrogen-bond acceptors (Lipinski definition) is 5. The highest BCUT2D eigenvalue weighted by Gasteiger charge is 2.15. The lowest BCUT2D eigenvalue weighted by Gasteiger charge is -2.23. The fourth-order valence-electron chi connectivity index (χ4n) is 2.35. The van der Waals surface area contributed by atoms with E-state index in [1.54, 1.807) is 13.0 Å². The third kappa shape index (κ3) is 3.47. The largest absolute Gasteiger partial charge is 0.462 e. The molecule has 1 heterocycles. The molecule has 1 aromatic carbocycles. The summed E-state index contributed by atoms with van der Waals surface area (Å²) >= 11 is 0. The van der Waals surface area contributed by atoms with Crippen molar-refractivity contribution in [1.29, 1.82) is 0 Å². The van der Waals surface area contributed by atoms with Gasteiger partial charge in [-0.15, -0.1) is 0 Å². The van der Waals surface area contributed by atoms with Crippen molar-refractivity contribution in [3.8, 4) is 0 Å². The lowest BCUT2D eigenvalue weighted by Crippen LogP contribution is -2.23. The first-order valence-corrected chi connectivity index (χ1v) is 7.50.